The van der Waals surface area contributed by atoms with E-state index in [0.717, 1.165) is 11.3 Å². The molecule has 0 radical (unpaired) electrons. The lowest BCUT2D eigenvalue weighted by atomic mass is 10.1. The molecule has 84 valence electrons. The second kappa shape index (κ2) is 4.22. The Morgan fingerprint density at radius 2 is 2.44 bits per heavy atom. The zero-order valence-corrected chi connectivity index (χ0v) is 8.90. The van der Waals surface area contributed by atoms with E-state index in [-0.39, 0.29) is 12.3 Å². The SMILES string of the molecule is CC(CC(=O)O)c1ncc(-c2cc[nH]c2)[nH]1. The normalized spacial score (nSPS) is 12.6. The number of nitrogens with zero attached hydrogens (tertiary/aromatic N) is 1. The van der Waals surface area contributed by atoms with E-state index in [9.17, 15) is 4.79 Å². The number of aromatic amines is 2. The summed E-state index contributed by atoms with van der Waals surface area (Å²) in [5.74, 6) is -0.212. The van der Waals surface area contributed by atoms with Crippen molar-refractivity contribution in [3.63, 3.8) is 0 Å². The fraction of sp³-hybridized carbons (Fsp3) is 0.273. The number of hydrogen-bond acceptors (Lipinski definition) is 2. The molecule has 0 amide bonds. The summed E-state index contributed by atoms with van der Waals surface area (Å²) < 4.78 is 0. The number of aromatic nitrogens is 3. The van der Waals surface area contributed by atoms with Gasteiger partial charge in [-0.2, -0.15) is 0 Å². The molecule has 3 N–H and O–H groups in total. The third kappa shape index (κ3) is 2.13. The molecule has 0 fully saturated rings. The van der Waals surface area contributed by atoms with E-state index in [1.165, 1.54) is 0 Å². The molecule has 0 aliphatic heterocycles. The average Bonchev–Trinajstić information content (AvgIpc) is 2.87. The van der Waals surface area contributed by atoms with Crippen LogP contribution in [0.15, 0.2) is 24.7 Å². The van der Waals surface area contributed by atoms with Crippen LogP contribution in [0.3, 0.4) is 0 Å². The van der Waals surface area contributed by atoms with Crippen LogP contribution < -0.4 is 0 Å². The van der Waals surface area contributed by atoms with Crippen molar-refractivity contribution in [1.82, 2.24) is 15.0 Å². The predicted molar refractivity (Wildman–Crippen MR) is 59.0 cm³/mol. The summed E-state index contributed by atoms with van der Waals surface area (Å²) >= 11 is 0. The molecular formula is C11H13N3O2. The number of aliphatic carboxylic acids is 1. The van der Waals surface area contributed by atoms with E-state index >= 15 is 0 Å². The Morgan fingerprint density at radius 1 is 1.62 bits per heavy atom. The summed E-state index contributed by atoms with van der Waals surface area (Å²) in [5, 5.41) is 8.69. The topological polar surface area (TPSA) is 81.8 Å². The maximum Gasteiger partial charge on any atom is 0.304 e. The first-order chi connectivity index (χ1) is 7.66. The van der Waals surface area contributed by atoms with Crippen LogP contribution in [0.4, 0.5) is 0 Å². The summed E-state index contributed by atoms with van der Waals surface area (Å²) in [4.78, 5) is 20.8. The summed E-state index contributed by atoms with van der Waals surface area (Å²) in [6, 6.07) is 1.93. The highest BCUT2D eigenvalue weighted by Gasteiger charge is 2.13. The number of imidazole rings is 1. The van der Waals surface area contributed by atoms with E-state index < -0.39 is 5.97 Å². The van der Waals surface area contributed by atoms with Crippen LogP contribution in [-0.2, 0) is 4.79 Å². The zero-order chi connectivity index (χ0) is 11.5. The third-order valence-corrected chi connectivity index (χ3v) is 2.45. The monoisotopic (exact) mass is 219 g/mol. The van der Waals surface area contributed by atoms with Gasteiger partial charge in [0.05, 0.1) is 18.3 Å². The molecule has 5 nitrogen and oxygen atoms in total. The van der Waals surface area contributed by atoms with Crippen molar-refractivity contribution in [3.8, 4) is 11.3 Å². The molecule has 2 heterocycles. The Hall–Kier alpha value is -2.04. The van der Waals surface area contributed by atoms with Gasteiger partial charge in [-0.15, -0.1) is 0 Å². The lowest BCUT2D eigenvalue weighted by Crippen LogP contribution is -2.04. The van der Waals surface area contributed by atoms with Gasteiger partial charge in [-0.25, -0.2) is 4.98 Å². The first kappa shape index (κ1) is 10.5. The lowest BCUT2D eigenvalue weighted by Gasteiger charge is -2.03. The molecule has 0 aromatic carbocycles. The number of carboxylic acids is 1. The van der Waals surface area contributed by atoms with Gasteiger partial charge in [0.25, 0.3) is 0 Å². The Kier molecular flexibility index (Phi) is 2.76. The molecule has 0 aliphatic rings. The average molecular weight is 219 g/mol. The molecule has 0 aliphatic carbocycles. The second-order valence-electron chi connectivity index (χ2n) is 3.78. The fourth-order valence-electron chi connectivity index (χ4n) is 1.58. The molecule has 5 heteroatoms. The first-order valence-corrected chi connectivity index (χ1v) is 5.06. The maximum atomic E-state index is 10.6. The third-order valence-electron chi connectivity index (χ3n) is 2.45. The second-order valence-corrected chi connectivity index (χ2v) is 3.78. The molecule has 2 aromatic rings. The zero-order valence-electron chi connectivity index (χ0n) is 8.90. The number of H-pyrrole nitrogens is 2. The molecule has 1 atom stereocenters. The van der Waals surface area contributed by atoms with Crippen LogP contribution >= 0.6 is 0 Å². The molecule has 2 aromatic heterocycles. The minimum Gasteiger partial charge on any atom is -0.481 e. The van der Waals surface area contributed by atoms with Gasteiger partial charge < -0.3 is 15.1 Å². The molecule has 0 saturated heterocycles. The van der Waals surface area contributed by atoms with E-state index in [4.69, 9.17) is 5.11 Å². The van der Waals surface area contributed by atoms with Gasteiger partial charge in [-0.3, -0.25) is 4.79 Å². The van der Waals surface area contributed by atoms with Crippen molar-refractivity contribution in [1.29, 1.82) is 0 Å². The van der Waals surface area contributed by atoms with Crippen LogP contribution in [0.5, 0.6) is 0 Å². The molecule has 1 unspecified atom stereocenters. The predicted octanol–water partition coefficient (Wildman–Crippen LogP) is 1.98. The Balaban J connectivity index is 2.16. The van der Waals surface area contributed by atoms with Crippen molar-refractivity contribution in [2.24, 2.45) is 0 Å². The first-order valence-electron chi connectivity index (χ1n) is 5.06. The van der Waals surface area contributed by atoms with Gasteiger partial charge in [-0.05, 0) is 6.07 Å². The van der Waals surface area contributed by atoms with Crippen LogP contribution in [0.1, 0.15) is 25.1 Å². The lowest BCUT2D eigenvalue weighted by molar-refractivity contribution is -0.137. The summed E-state index contributed by atoms with van der Waals surface area (Å²) in [6.07, 6.45) is 5.49. The molecular weight excluding hydrogens is 206 g/mol. The van der Waals surface area contributed by atoms with Crippen LogP contribution in [-0.4, -0.2) is 26.0 Å². The smallest absolute Gasteiger partial charge is 0.304 e. The quantitative estimate of drug-likeness (QED) is 0.735. The number of hydrogen-bond donors (Lipinski definition) is 3. The van der Waals surface area contributed by atoms with E-state index in [2.05, 4.69) is 15.0 Å². The number of nitrogens with one attached hydrogen (secondary N) is 2. The largest absolute Gasteiger partial charge is 0.481 e. The van der Waals surface area contributed by atoms with Crippen LogP contribution in [0.2, 0.25) is 0 Å². The van der Waals surface area contributed by atoms with Gasteiger partial charge in [0.1, 0.15) is 5.82 Å². The number of carboxylic acid groups (broad SMARTS) is 1. The summed E-state index contributed by atoms with van der Waals surface area (Å²) in [6.45, 7) is 1.84. The highest BCUT2D eigenvalue weighted by Crippen LogP contribution is 2.21. The minimum absolute atomic E-state index is 0.0834. The van der Waals surface area contributed by atoms with Crippen molar-refractivity contribution >= 4 is 5.97 Å². The minimum atomic E-state index is -0.813. The van der Waals surface area contributed by atoms with Crippen molar-refractivity contribution < 1.29 is 9.90 Å². The Morgan fingerprint density at radius 3 is 3.06 bits per heavy atom. The number of carbonyl (C=O) groups is 1. The van der Waals surface area contributed by atoms with Gasteiger partial charge >= 0.3 is 5.97 Å². The van der Waals surface area contributed by atoms with E-state index in [1.807, 2.05) is 25.4 Å². The Labute approximate surface area is 92.5 Å². The van der Waals surface area contributed by atoms with E-state index in [1.54, 1.807) is 6.20 Å². The van der Waals surface area contributed by atoms with Gasteiger partial charge in [0.15, 0.2) is 0 Å². The Bertz CT molecular complexity index is 473. The highest BCUT2D eigenvalue weighted by atomic mass is 16.4. The van der Waals surface area contributed by atoms with Gasteiger partial charge in [0, 0.05) is 23.9 Å². The highest BCUT2D eigenvalue weighted by molar-refractivity contribution is 5.67. The van der Waals surface area contributed by atoms with E-state index in [0.29, 0.717) is 5.82 Å². The number of rotatable bonds is 4. The molecule has 0 bridgehead atoms. The van der Waals surface area contributed by atoms with Gasteiger partial charge in [0.2, 0.25) is 0 Å². The molecule has 0 spiro atoms. The molecule has 2 rings (SSSR count). The van der Waals surface area contributed by atoms with Crippen molar-refractivity contribution in [3.05, 3.63) is 30.5 Å². The van der Waals surface area contributed by atoms with Crippen molar-refractivity contribution in [2.75, 3.05) is 0 Å². The summed E-state index contributed by atoms with van der Waals surface area (Å²) in [7, 11) is 0. The van der Waals surface area contributed by atoms with Crippen LogP contribution in [0.25, 0.3) is 11.3 Å². The van der Waals surface area contributed by atoms with Crippen molar-refractivity contribution in [2.45, 2.75) is 19.3 Å². The maximum absolute atomic E-state index is 10.6. The molecule has 16 heavy (non-hydrogen) atoms. The summed E-state index contributed by atoms with van der Waals surface area (Å²) in [5.41, 5.74) is 1.91. The van der Waals surface area contributed by atoms with Crippen LogP contribution in [0, 0.1) is 0 Å². The molecule has 0 saturated carbocycles. The standard InChI is InChI=1S/C11H13N3O2/c1-7(4-10(15)16)11-13-6-9(14-11)8-2-3-12-5-8/h2-3,5-7,12H,4H2,1H3,(H,13,14)(H,15,16). The fourth-order valence-corrected chi connectivity index (χ4v) is 1.58. The van der Waals surface area contributed by atoms with Gasteiger partial charge in [-0.1, -0.05) is 6.92 Å².